The lowest BCUT2D eigenvalue weighted by molar-refractivity contribution is -0.142. The molecule has 0 aromatic heterocycles. The lowest BCUT2D eigenvalue weighted by Crippen LogP contribution is -2.56. The molecule has 1 aliphatic carbocycles. The summed E-state index contributed by atoms with van der Waals surface area (Å²) >= 11 is 0. The zero-order chi connectivity index (χ0) is 14.0. The molecule has 108 valence electrons. The molecule has 2 aliphatic rings. The Morgan fingerprint density at radius 1 is 1.37 bits per heavy atom. The van der Waals surface area contributed by atoms with E-state index in [0.717, 1.165) is 19.3 Å². The highest BCUT2D eigenvalue weighted by atomic mass is 16.5. The number of amides is 2. The molecule has 0 aromatic carbocycles. The van der Waals surface area contributed by atoms with Crippen LogP contribution in [0.5, 0.6) is 0 Å². The summed E-state index contributed by atoms with van der Waals surface area (Å²) in [5.74, 6) is -1.29. The quantitative estimate of drug-likeness (QED) is 0.716. The molecule has 0 spiro atoms. The minimum atomic E-state index is -0.827. The topological polar surface area (TPSA) is 87.7 Å². The van der Waals surface area contributed by atoms with Gasteiger partial charge in [0.2, 0.25) is 0 Å². The zero-order valence-electron chi connectivity index (χ0n) is 11.4. The standard InChI is InChI=1S/C13H22N2O4/c1-8-13(2,6-7-19-8)15-12(18)14-10-5-3-4-9(10)11(16)17/h8-10H,3-7H2,1-2H3,(H,16,17)(H2,14,15,18). The molecule has 1 heterocycles. The first kappa shape index (κ1) is 14.1. The zero-order valence-corrected chi connectivity index (χ0v) is 11.4. The minimum Gasteiger partial charge on any atom is -0.481 e. The highest BCUT2D eigenvalue weighted by Crippen LogP contribution is 2.27. The molecule has 6 heteroatoms. The molecule has 19 heavy (non-hydrogen) atoms. The van der Waals surface area contributed by atoms with Crippen LogP contribution in [0.25, 0.3) is 0 Å². The molecule has 4 unspecified atom stereocenters. The first-order chi connectivity index (χ1) is 8.92. The third-order valence-corrected chi connectivity index (χ3v) is 4.44. The molecule has 1 aliphatic heterocycles. The highest BCUT2D eigenvalue weighted by molar-refractivity contribution is 5.77. The Labute approximate surface area is 112 Å². The second-order valence-corrected chi connectivity index (χ2v) is 5.76. The van der Waals surface area contributed by atoms with E-state index in [4.69, 9.17) is 9.84 Å². The third kappa shape index (κ3) is 3.00. The van der Waals surface area contributed by atoms with Crippen LogP contribution in [-0.2, 0) is 9.53 Å². The van der Waals surface area contributed by atoms with Crippen molar-refractivity contribution in [3.63, 3.8) is 0 Å². The smallest absolute Gasteiger partial charge is 0.315 e. The van der Waals surface area contributed by atoms with E-state index in [0.29, 0.717) is 13.0 Å². The van der Waals surface area contributed by atoms with Gasteiger partial charge in [0.1, 0.15) is 0 Å². The molecule has 0 bridgehead atoms. The summed E-state index contributed by atoms with van der Waals surface area (Å²) in [5.41, 5.74) is -0.374. The van der Waals surface area contributed by atoms with E-state index in [-0.39, 0.29) is 23.7 Å². The molecule has 0 radical (unpaired) electrons. The fourth-order valence-corrected chi connectivity index (χ4v) is 2.89. The van der Waals surface area contributed by atoms with Gasteiger partial charge in [-0.2, -0.15) is 0 Å². The summed E-state index contributed by atoms with van der Waals surface area (Å²) in [4.78, 5) is 23.1. The maximum atomic E-state index is 12.0. The number of carbonyl (C=O) groups excluding carboxylic acids is 1. The summed E-state index contributed by atoms with van der Waals surface area (Å²) in [7, 11) is 0. The number of carboxylic acids is 1. The van der Waals surface area contributed by atoms with E-state index in [1.165, 1.54) is 0 Å². The summed E-state index contributed by atoms with van der Waals surface area (Å²) in [6.45, 7) is 4.52. The van der Waals surface area contributed by atoms with Crippen LogP contribution in [0.2, 0.25) is 0 Å². The Hall–Kier alpha value is -1.30. The number of hydrogen-bond acceptors (Lipinski definition) is 3. The van der Waals surface area contributed by atoms with Crippen molar-refractivity contribution in [2.24, 2.45) is 5.92 Å². The molecule has 0 aromatic rings. The lowest BCUT2D eigenvalue weighted by Gasteiger charge is -2.30. The fraction of sp³-hybridized carbons (Fsp3) is 0.846. The number of hydrogen-bond donors (Lipinski definition) is 3. The van der Waals surface area contributed by atoms with E-state index in [1.54, 1.807) is 0 Å². The van der Waals surface area contributed by atoms with E-state index in [1.807, 2.05) is 13.8 Å². The van der Waals surface area contributed by atoms with Crippen molar-refractivity contribution in [3.05, 3.63) is 0 Å². The van der Waals surface area contributed by atoms with E-state index < -0.39 is 11.9 Å². The van der Waals surface area contributed by atoms with Gasteiger partial charge in [0.15, 0.2) is 0 Å². The van der Waals surface area contributed by atoms with Gasteiger partial charge in [-0.15, -0.1) is 0 Å². The van der Waals surface area contributed by atoms with Crippen molar-refractivity contribution >= 4 is 12.0 Å². The van der Waals surface area contributed by atoms with Gasteiger partial charge in [0.05, 0.1) is 17.6 Å². The molecule has 1 saturated carbocycles. The normalized spacial score (nSPS) is 38.1. The van der Waals surface area contributed by atoms with Gasteiger partial charge >= 0.3 is 12.0 Å². The van der Waals surface area contributed by atoms with Gasteiger partial charge in [-0.3, -0.25) is 4.79 Å². The van der Waals surface area contributed by atoms with Gasteiger partial charge in [-0.25, -0.2) is 4.79 Å². The van der Waals surface area contributed by atoms with Crippen molar-refractivity contribution in [1.29, 1.82) is 0 Å². The maximum Gasteiger partial charge on any atom is 0.315 e. The third-order valence-electron chi connectivity index (χ3n) is 4.44. The Morgan fingerprint density at radius 3 is 2.68 bits per heavy atom. The molecule has 2 rings (SSSR count). The SMILES string of the molecule is CC1OCCC1(C)NC(=O)NC1CCCC1C(=O)O. The Kier molecular flexibility index (Phi) is 3.99. The summed E-state index contributed by atoms with van der Waals surface area (Å²) in [6.07, 6.45) is 2.95. The first-order valence-electron chi connectivity index (χ1n) is 6.85. The highest BCUT2D eigenvalue weighted by Gasteiger charge is 2.40. The summed E-state index contributed by atoms with van der Waals surface area (Å²) in [5, 5.41) is 14.8. The van der Waals surface area contributed by atoms with Crippen molar-refractivity contribution in [3.8, 4) is 0 Å². The average molecular weight is 270 g/mol. The van der Waals surface area contributed by atoms with Crippen LogP contribution in [0.3, 0.4) is 0 Å². The van der Waals surface area contributed by atoms with Crippen LogP contribution in [0, 0.1) is 5.92 Å². The molecule has 3 N–H and O–H groups in total. The molecule has 2 fully saturated rings. The van der Waals surface area contributed by atoms with Crippen LogP contribution in [0.4, 0.5) is 4.79 Å². The Morgan fingerprint density at radius 2 is 2.11 bits per heavy atom. The largest absolute Gasteiger partial charge is 0.481 e. The summed E-state index contributed by atoms with van der Waals surface area (Å²) in [6, 6.07) is -0.559. The van der Waals surface area contributed by atoms with Crippen molar-refractivity contribution < 1.29 is 19.4 Å². The first-order valence-corrected chi connectivity index (χ1v) is 6.85. The van der Waals surface area contributed by atoms with Crippen LogP contribution >= 0.6 is 0 Å². The molecule has 2 amide bonds. The van der Waals surface area contributed by atoms with E-state index in [9.17, 15) is 9.59 Å². The van der Waals surface area contributed by atoms with Gasteiger partial charge in [-0.05, 0) is 33.1 Å². The second kappa shape index (κ2) is 5.36. The van der Waals surface area contributed by atoms with Crippen LogP contribution in [-0.4, -0.2) is 41.4 Å². The lowest BCUT2D eigenvalue weighted by atomic mass is 9.95. The molecular weight excluding hydrogens is 248 g/mol. The Balaban J connectivity index is 1.89. The number of carboxylic acid groups (broad SMARTS) is 1. The minimum absolute atomic E-state index is 0.0305. The molecule has 4 atom stereocenters. The Bertz CT molecular complexity index is 374. The van der Waals surface area contributed by atoms with Gasteiger partial charge in [0.25, 0.3) is 0 Å². The molecular formula is C13H22N2O4. The fourth-order valence-electron chi connectivity index (χ4n) is 2.89. The number of ether oxygens (including phenoxy) is 1. The summed E-state index contributed by atoms with van der Waals surface area (Å²) < 4.78 is 5.46. The predicted molar refractivity (Wildman–Crippen MR) is 68.9 cm³/mol. The van der Waals surface area contributed by atoms with Gasteiger partial charge in [-0.1, -0.05) is 6.42 Å². The molecule has 6 nitrogen and oxygen atoms in total. The maximum absolute atomic E-state index is 12.0. The van der Waals surface area contributed by atoms with Crippen LogP contribution in [0.1, 0.15) is 39.5 Å². The van der Waals surface area contributed by atoms with Crippen LogP contribution in [0.15, 0.2) is 0 Å². The number of nitrogens with one attached hydrogen (secondary N) is 2. The number of urea groups is 1. The van der Waals surface area contributed by atoms with Gasteiger partial charge < -0.3 is 20.5 Å². The van der Waals surface area contributed by atoms with Crippen molar-refractivity contribution in [1.82, 2.24) is 10.6 Å². The van der Waals surface area contributed by atoms with E-state index in [2.05, 4.69) is 10.6 Å². The molecule has 1 saturated heterocycles. The number of aliphatic carboxylic acids is 1. The monoisotopic (exact) mass is 270 g/mol. The predicted octanol–water partition coefficient (Wildman–Crippen LogP) is 1.11. The van der Waals surface area contributed by atoms with Gasteiger partial charge in [0, 0.05) is 12.6 Å². The van der Waals surface area contributed by atoms with Crippen LogP contribution < -0.4 is 10.6 Å². The number of rotatable bonds is 3. The van der Waals surface area contributed by atoms with Crippen molar-refractivity contribution in [2.45, 2.75) is 57.2 Å². The number of carbonyl (C=O) groups is 2. The van der Waals surface area contributed by atoms with Crippen molar-refractivity contribution in [2.75, 3.05) is 6.61 Å². The van der Waals surface area contributed by atoms with E-state index >= 15 is 0 Å². The average Bonchev–Trinajstić information content (AvgIpc) is 2.87. The second-order valence-electron chi connectivity index (χ2n) is 5.76.